The van der Waals surface area contributed by atoms with Gasteiger partial charge in [0.15, 0.2) is 6.61 Å². The number of ether oxygens (including phenoxy) is 1. The van der Waals surface area contributed by atoms with Gasteiger partial charge in [-0.25, -0.2) is 9.78 Å². The van der Waals surface area contributed by atoms with Gasteiger partial charge in [-0.05, 0) is 64.1 Å². The Hall–Kier alpha value is -3.41. The van der Waals surface area contributed by atoms with Crippen LogP contribution in [0.4, 0.5) is 0 Å². The van der Waals surface area contributed by atoms with E-state index in [2.05, 4.69) is 4.98 Å². The molecule has 1 amide bonds. The first-order chi connectivity index (χ1) is 14.3. The summed E-state index contributed by atoms with van der Waals surface area (Å²) in [7, 11) is 0. The zero-order chi connectivity index (χ0) is 21.8. The van der Waals surface area contributed by atoms with Crippen molar-refractivity contribution in [3.63, 3.8) is 0 Å². The van der Waals surface area contributed by atoms with Gasteiger partial charge in [-0.2, -0.15) is 0 Å². The summed E-state index contributed by atoms with van der Waals surface area (Å²) in [5, 5.41) is 10.2. The molecule has 0 spiro atoms. The van der Waals surface area contributed by atoms with Gasteiger partial charge >= 0.3 is 5.97 Å². The number of carbonyl (C=O) groups excluding carboxylic acids is 2. The number of rotatable bonds is 6. The number of esters is 1. The highest BCUT2D eigenvalue weighted by Gasteiger charge is 2.22. The SMILES string of the molecule is CC(C)N(C(=O)COC(=O)c1cc(-c2ccc(O)cc2)nc2ccccc12)C(C)C. The molecule has 0 unspecified atom stereocenters. The molecule has 1 heterocycles. The van der Waals surface area contributed by atoms with Gasteiger partial charge in [0, 0.05) is 23.0 Å². The molecule has 156 valence electrons. The Kier molecular flexibility index (Phi) is 6.35. The average molecular weight is 406 g/mol. The van der Waals surface area contributed by atoms with Crippen molar-refractivity contribution < 1.29 is 19.4 Å². The molecule has 2 aromatic carbocycles. The van der Waals surface area contributed by atoms with Crippen molar-refractivity contribution in [1.29, 1.82) is 0 Å². The molecule has 6 heteroatoms. The molecule has 0 atom stereocenters. The van der Waals surface area contributed by atoms with Gasteiger partial charge in [-0.1, -0.05) is 18.2 Å². The molecule has 1 aromatic heterocycles. The summed E-state index contributed by atoms with van der Waals surface area (Å²) < 4.78 is 5.39. The molecule has 0 radical (unpaired) electrons. The highest BCUT2D eigenvalue weighted by Crippen LogP contribution is 2.26. The number of fused-ring (bicyclic) bond motifs is 1. The van der Waals surface area contributed by atoms with E-state index in [1.165, 1.54) is 0 Å². The lowest BCUT2D eigenvalue weighted by Gasteiger charge is -2.30. The Morgan fingerprint density at radius 1 is 1.00 bits per heavy atom. The van der Waals surface area contributed by atoms with Crippen LogP contribution in [-0.4, -0.2) is 45.6 Å². The Balaban J connectivity index is 1.91. The minimum absolute atomic E-state index is 0.0130. The fourth-order valence-corrected chi connectivity index (χ4v) is 3.58. The Morgan fingerprint density at radius 2 is 1.63 bits per heavy atom. The van der Waals surface area contributed by atoms with E-state index in [4.69, 9.17) is 4.74 Å². The molecule has 0 saturated carbocycles. The van der Waals surface area contributed by atoms with Crippen LogP contribution in [0, 0.1) is 0 Å². The number of nitrogens with zero attached hydrogens (tertiary/aromatic N) is 2. The maximum atomic E-state index is 12.9. The van der Waals surface area contributed by atoms with E-state index in [0.29, 0.717) is 22.2 Å². The van der Waals surface area contributed by atoms with E-state index in [1.54, 1.807) is 41.3 Å². The summed E-state index contributed by atoms with van der Waals surface area (Å²) in [6.07, 6.45) is 0. The molecule has 0 bridgehead atoms. The first-order valence-electron chi connectivity index (χ1n) is 9.95. The van der Waals surface area contributed by atoms with E-state index >= 15 is 0 Å². The zero-order valence-corrected chi connectivity index (χ0v) is 17.6. The normalized spacial score (nSPS) is 11.1. The van der Waals surface area contributed by atoms with Crippen LogP contribution in [0.5, 0.6) is 5.75 Å². The number of benzene rings is 2. The number of pyridine rings is 1. The van der Waals surface area contributed by atoms with Crippen LogP contribution in [0.25, 0.3) is 22.2 Å². The van der Waals surface area contributed by atoms with Crippen molar-refractivity contribution in [2.75, 3.05) is 6.61 Å². The van der Waals surface area contributed by atoms with Gasteiger partial charge in [-0.15, -0.1) is 0 Å². The number of carbonyl (C=O) groups is 2. The standard InChI is InChI=1S/C24H26N2O4/c1-15(2)26(16(3)4)23(28)14-30-24(29)20-13-22(17-9-11-18(27)12-10-17)25-21-8-6-5-7-19(20)21/h5-13,15-16,27H,14H2,1-4H3. The molecule has 0 saturated heterocycles. The van der Waals surface area contributed by atoms with Gasteiger partial charge in [-0.3, -0.25) is 4.79 Å². The lowest BCUT2D eigenvalue weighted by molar-refractivity contribution is -0.138. The molecule has 1 N–H and O–H groups in total. The first-order valence-corrected chi connectivity index (χ1v) is 9.95. The largest absolute Gasteiger partial charge is 0.508 e. The highest BCUT2D eigenvalue weighted by atomic mass is 16.5. The Labute approximate surface area is 176 Å². The van der Waals surface area contributed by atoms with Crippen LogP contribution in [0.1, 0.15) is 38.1 Å². The lowest BCUT2D eigenvalue weighted by Crippen LogP contribution is -2.44. The molecule has 3 rings (SSSR count). The quantitative estimate of drug-likeness (QED) is 0.614. The third-order valence-corrected chi connectivity index (χ3v) is 4.83. The van der Waals surface area contributed by atoms with Crippen LogP contribution in [0.2, 0.25) is 0 Å². The second-order valence-electron chi connectivity index (χ2n) is 7.68. The van der Waals surface area contributed by atoms with Crippen molar-refractivity contribution in [2.45, 2.75) is 39.8 Å². The monoisotopic (exact) mass is 406 g/mol. The van der Waals surface area contributed by atoms with E-state index in [0.717, 1.165) is 5.56 Å². The molecule has 0 aliphatic heterocycles. The summed E-state index contributed by atoms with van der Waals surface area (Å²) in [6, 6.07) is 15.6. The van der Waals surface area contributed by atoms with Crippen molar-refractivity contribution >= 4 is 22.8 Å². The van der Waals surface area contributed by atoms with Crippen LogP contribution in [-0.2, 0) is 9.53 Å². The molecular formula is C24H26N2O4. The smallest absolute Gasteiger partial charge is 0.339 e. The maximum Gasteiger partial charge on any atom is 0.339 e. The average Bonchev–Trinajstić information content (AvgIpc) is 2.71. The maximum absolute atomic E-state index is 12.9. The number of aromatic hydroxyl groups is 1. The van der Waals surface area contributed by atoms with Crippen molar-refractivity contribution in [3.05, 3.63) is 60.2 Å². The number of hydrogen-bond acceptors (Lipinski definition) is 5. The summed E-state index contributed by atoms with van der Waals surface area (Å²) in [6.45, 7) is 7.40. The lowest BCUT2D eigenvalue weighted by atomic mass is 10.0. The molecule has 30 heavy (non-hydrogen) atoms. The van der Waals surface area contributed by atoms with Gasteiger partial charge < -0.3 is 14.7 Å². The number of amides is 1. The van der Waals surface area contributed by atoms with Crippen molar-refractivity contribution in [1.82, 2.24) is 9.88 Å². The van der Waals surface area contributed by atoms with Gasteiger partial charge in [0.25, 0.3) is 5.91 Å². The zero-order valence-electron chi connectivity index (χ0n) is 17.6. The predicted octanol–water partition coefficient (Wildman–Crippen LogP) is 4.41. The fraction of sp³-hybridized carbons (Fsp3) is 0.292. The highest BCUT2D eigenvalue weighted by molar-refractivity contribution is 6.05. The number of para-hydroxylation sites is 1. The van der Waals surface area contributed by atoms with Gasteiger partial charge in [0.2, 0.25) is 0 Å². The summed E-state index contributed by atoms with van der Waals surface area (Å²) in [4.78, 5) is 31.8. The van der Waals surface area contributed by atoms with Gasteiger partial charge in [0.05, 0.1) is 16.8 Å². The van der Waals surface area contributed by atoms with E-state index < -0.39 is 5.97 Å². The predicted molar refractivity (Wildman–Crippen MR) is 116 cm³/mol. The summed E-state index contributed by atoms with van der Waals surface area (Å²) >= 11 is 0. The van der Waals surface area contributed by atoms with Crippen LogP contribution < -0.4 is 0 Å². The Bertz CT molecular complexity index is 1050. The molecule has 0 aliphatic rings. The summed E-state index contributed by atoms with van der Waals surface area (Å²) in [5.74, 6) is -0.655. The van der Waals surface area contributed by atoms with Gasteiger partial charge in [0.1, 0.15) is 5.75 Å². The van der Waals surface area contributed by atoms with Crippen molar-refractivity contribution in [3.8, 4) is 17.0 Å². The number of hydrogen-bond donors (Lipinski definition) is 1. The van der Waals surface area contributed by atoms with Crippen LogP contribution in [0.15, 0.2) is 54.6 Å². The van der Waals surface area contributed by atoms with Crippen LogP contribution >= 0.6 is 0 Å². The Morgan fingerprint density at radius 3 is 2.27 bits per heavy atom. The second kappa shape index (κ2) is 8.95. The summed E-state index contributed by atoms with van der Waals surface area (Å²) in [5.41, 5.74) is 2.33. The first kappa shape index (κ1) is 21.3. The number of aromatic nitrogens is 1. The van der Waals surface area contributed by atoms with E-state index in [9.17, 15) is 14.7 Å². The molecular weight excluding hydrogens is 380 g/mol. The van der Waals surface area contributed by atoms with E-state index in [1.807, 2.05) is 45.9 Å². The van der Waals surface area contributed by atoms with Crippen LogP contribution in [0.3, 0.4) is 0 Å². The number of phenolic OH excluding ortho intramolecular Hbond substituents is 1. The fourth-order valence-electron chi connectivity index (χ4n) is 3.58. The minimum Gasteiger partial charge on any atom is -0.508 e. The topological polar surface area (TPSA) is 79.7 Å². The minimum atomic E-state index is -0.575. The number of phenols is 1. The van der Waals surface area contributed by atoms with Crippen molar-refractivity contribution in [2.24, 2.45) is 0 Å². The van der Waals surface area contributed by atoms with E-state index in [-0.39, 0.29) is 30.3 Å². The molecule has 0 aliphatic carbocycles. The third-order valence-electron chi connectivity index (χ3n) is 4.83. The molecule has 6 nitrogen and oxygen atoms in total. The third kappa shape index (κ3) is 4.59. The second-order valence-corrected chi connectivity index (χ2v) is 7.68. The molecule has 3 aromatic rings. The molecule has 0 fully saturated rings.